The van der Waals surface area contributed by atoms with Crippen molar-refractivity contribution in [1.82, 2.24) is 14.1 Å². The first-order chi connectivity index (χ1) is 12.8. The molecule has 2 rings (SSSR count). The second kappa shape index (κ2) is 10.1. The summed E-state index contributed by atoms with van der Waals surface area (Å²) in [5.74, 6) is -0.363. The van der Waals surface area contributed by atoms with Gasteiger partial charge in [0.25, 0.3) is 5.56 Å². The van der Waals surface area contributed by atoms with Crippen molar-refractivity contribution in [2.45, 2.75) is 45.3 Å². The number of hydrogen-bond acceptors (Lipinski definition) is 8. The summed E-state index contributed by atoms with van der Waals surface area (Å²) in [6.07, 6.45) is 1.73. The van der Waals surface area contributed by atoms with Crippen LogP contribution in [0.2, 0.25) is 0 Å². The van der Waals surface area contributed by atoms with E-state index in [4.69, 9.17) is 14.2 Å². The molecule has 0 spiro atoms. The van der Waals surface area contributed by atoms with Crippen LogP contribution in [0.1, 0.15) is 20.8 Å². The van der Waals surface area contributed by atoms with Gasteiger partial charge in [-0.25, -0.2) is 4.79 Å². The number of carbonyl (C=O) groups is 2. The molecule has 0 bridgehead atoms. The maximum Gasteiger partial charge on any atom is 0.368 e. The Morgan fingerprint density at radius 3 is 2.70 bits per heavy atom. The molecule has 0 atom stereocenters. The van der Waals surface area contributed by atoms with Crippen molar-refractivity contribution < 1.29 is 23.8 Å². The molecule has 0 saturated heterocycles. The molecule has 0 saturated carbocycles. The van der Waals surface area contributed by atoms with Crippen molar-refractivity contribution in [2.24, 2.45) is 0 Å². The fraction of sp³-hybridized carbons (Fsp3) is 0.500. The highest BCUT2D eigenvalue weighted by Crippen LogP contribution is 2.21. The number of halogens is 1. The molecule has 0 N–H and O–H groups in total. The van der Waals surface area contributed by atoms with Gasteiger partial charge >= 0.3 is 9.95 Å². The molecular formula is C16H20IN3O6S. The van der Waals surface area contributed by atoms with Crippen LogP contribution < -0.4 is 5.56 Å². The van der Waals surface area contributed by atoms with Gasteiger partial charge in [-0.2, -0.15) is 4.98 Å². The Hall–Kier alpha value is -1.60. The van der Waals surface area contributed by atoms with Gasteiger partial charge in [0.1, 0.15) is 11.5 Å². The Labute approximate surface area is 173 Å². The molecule has 0 aliphatic carbocycles. The van der Waals surface area contributed by atoms with Crippen LogP contribution >= 0.6 is 34.4 Å². The molecule has 2 heterocycles. The van der Waals surface area contributed by atoms with E-state index in [9.17, 15) is 14.4 Å². The quantitative estimate of drug-likeness (QED) is 0.127. The molecule has 27 heavy (non-hydrogen) atoms. The standard InChI is InChI=1S/C16H20IN3O6S/c1-10(2)24-7-6-20-12-4-5-19(8-25-15(17)23)13(12)14(22)18-16(20)27-9-26-11(3)21/h4-5,10H,6-9H2,1-3H3. The number of hydrogen-bond donors (Lipinski definition) is 0. The SMILES string of the molecule is CC(=O)OCSc1nc(=O)c2c(ccn2COC(=O)I)n1CCOC(C)C. The third-order valence-electron chi connectivity index (χ3n) is 3.40. The summed E-state index contributed by atoms with van der Waals surface area (Å²) < 4.78 is 18.4. The summed E-state index contributed by atoms with van der Waals surface area (Å²) >= 11 is 2.67. The van der Waals surface area contributed by atoms with Crippen LogP contribution in [0.5, 0.6) is 0 Å². The summed E-state index contributed by atoms with van der Waals surface area (Å²) in [4.78, 5) is 38.7. The van der Waals surface area contributed by atoms with E-state index < -0.39 is 15.5 Å². The van der Waals surface area contributed by atoms with Gasteiger partial charge in [-0.1, -0.05) is 0 Å². The van der Waals surface area contributed by atoms with E-state index in [1.54, 1.807) is 12.3 Å². The second-order valence-electron chi connectivity index (χ2n) is 5.70. The molecule has 11 heteroatoms. The van der Waals surface area contributed by atoms with Crippen LogP contribution in [0.3, 0.4) is 0 Å². The predicted octanol–water partition coefficient (Wildman–Crippen LogP) is 2.76. The van der Waals surface area contributed by atoms with Crippen molar-refractivity contribution in [3.8, 4) is 0 Å². The number of thioether (sulfide) groups is 1. The van der Waals surface area contributed by atoms with E-state index in [0.717, 1.165) is 11.8 Å². The predicted molar refractivity (Wildman–Crippen MR) is 108 cm³/mol. The summed E-state index contributed by atoms with van der Waals surface area (Å²) in [5, 5.41) is 0.421. The van der Waals surface area contributed by atoms with Gasteiger partial charge in [-0.15, -0.1) is 0 Å². The van der Waals surface area contributed by atoms with E-state index >= 15 is 0 Å². The largest absolute Gasteiger partial charge is 0.454 e. The van der Waals surface area contributed by atoms with Crippen molar-refractivity contribution in [2.75, 3.05) is 12.5 Å². The molecule has 148 valence electrons. The Morgan fingerprint density at radius 2 is 2.07 bits per heavy atom. The second-order valence-corrected chi connectivity index (χ2v) is 7.47. The maximum atomic E-state index is 12.5. The van der Waals surface area contributed by atoms with Crippen molar-refractivity contribution in [1.29, 1.82) is 0 Å². The van der Waals surface area contributed by atoms with Crippen LogP contribution in [0, 0.1) is 0 Å². The van der Waals surface area contributed by atoms with Crippen LogP contribution in [-0.2, 0) is 32.3 Å². The number of ether oxygens (including phenoxy) is 3. The normalized spacial score (nSPS) is 11.1. The summed E-state index contributed by atoms with van der Waals surface area (Å²) in [6.45, 7) is 5.99. The van der Waals surface area contributed by atoms with Crippen LogP contribution in [0.4, 0.5) is 4.79 Å². The number of nitrogens with zero attached hydrogens (tertiary/aromatic N) is 3. The van der Waals surface area contributed by atoms with Gasteiger partial charge in [-0.3, -0.25) is 9.59 Å². The van der Waals surface area contributed by atoms with Crippen molar-refractivity contribution in [3.63, 3.8) is 0 Å². The first kappa shape index (κ1) is 21.7. The Bertz CT molecular complexity index is 879. The number of fused-ring (bicyclic) bond motifs is 1. The Kier molecular flexibility index (Phi) is 8.10. The lowest BCUT2D eigenvalue weighted by molar-refractivity contribution is -0.138. The first-order valence-electron chi connectivity index (χ1n) is 8.09. The van der Waals surface area contributed by atoms with E-state index in [-0.39, 0.29) is 18.8 Å². The zero-order valence-corrected chi connectivity index (χ0v) is 18.1. The minimum absolute atomic E-state index is 0.0471. The lowest BCUT2D eigenvalue weighted by atomic mass is 10.4. The summed E-state index contributed by atoms with van der Waals surface area (Å²) in [6, 6.07) is 1.75. The highest BCUT2D eigenvalue weighted by atomic mass is 127. The van der Waals surface area contributed by atoms with Crippen LogP contribution in [0.15, 0.2) is 22.2 Å². The van der Waals surface area contributed by atoms with Gasteiger partial charge < -0.3 is 23.3 Å². The van der Waals surface area contributed by atoms with Gasteiger partial charge in [0.2, 0.25) is 0 Å². The topological polar surface area (TPSA) is 102 Å². The van der Waals surface area contributed by atoms with E-state index in [2.05, 4.69) is 4.98 Å². The van der Waals surface area contributed by atoms with Crippen molar-refractivity contribution >= 4 is 55.3 Å². The van der Waals surface area contributed by atoms with Gasteiger partial charge in [-0.05, 0) is 31.7 Å². The smallest absolute Gasteiger partial charge is 0.368 e. The van der Waals surface area contributed by atoms with E-state index in [1.165, 1.54) is 34.1 Å². The first-order valence-corrected chi connectivity index (χ1v) is 10.2. The highest BCUT2D eigenvalue weighted by Gasteiger charge is 2.16. The van der Waals surface area contributed by atoms with E-state index in [1.807, 2.05) is 18.4 Å². The summed E-state index contributed by atoms with van der Waals surface area (Å²) in [5.41, 5.74) is 0.511. The fourth-order valence-electron chi connectivity index (χ4n) is 2.31. The molecule has 0 aliphatic heterocycles. The maximum absolute atomic E-state index is 12.5. The molecule has 0 unspecified atom stereocenters. The lowest BCUT2D eigenvalue weighted by Gasteiger charge is -2.15. The van der Waals surface area contributed by atoms with Crippen molar-refractivity contribution in [3.05, 3.63) is 22.6 Å². The third kappa shape index (κ3) is 6.21. The van der Waals surface area contributed by atoms with Crippen LogP contribution in [-0.4, -0.2) is 42.7 Å². The average molecular weight is 509 g/mol. The molecule has 0 fully saturated rings. The van der Waals surface area contributed by atoms with E-state index in [0.29, 0.717) is 29.3 Å². The minimum Gasteiger partial charge on any atom is -0.454 e. The number of aromatic nitrogens is 3. The number of rotatable bonds is 9. The van der Waals surface area contributed by atoms with Gasteiger partial charge in [0.15, 0.2) is 11.9 Å². The average Bonchev–Trinajstić information content (AvgIpc) is 2.99. The Morgan fingerprint density at radius 1 is 1.33 bits per heavy atom. The highest BCUT2D eigenvalue weighted by molar-refractivity contribution is 14.1. The monoisotopic (exact) mass is 509 g/mol. The Balaban J connectivity index is 2.38. The molecule has 2 aromatic rings. The molecule has 0 aromatic carbocycles. The summed E-state index contributed by atoms with van der Waals surface area (Å²) in [7, 11) is 0. The molecule has 9 nitrogen and oxygen atoms in total. The number of carbonyl (C=O) groups excluding carboxylic acids is 2. The molecule has 0 amide bonds. The zero-order chi connectivity index (χ0) is 20.0. The van der Waals surface area contributed by atoms with Gasteiger partial charge in [0.05, 0.1) is 40.8 Å². The fourth-order valence-corrected chi connectivity index (χ4v) is 3.28. The third-order valence-corrected chi connectivity index (χ3v) is 4.51. The van der Waals surface area contributed by atoms with Crippen LogP contribution in [0.25, 0.3) is 11.0 Å². The molecule has 0 radical (unpaired) electrons. The lowest BCUT2D eigenvalue weighted by Crippen LogP contribution is -2.21. The molecule has 0 aliphatic rings. The zero-order valence-electron chi connectivity index (χ0n) is 15.1. The number of esters is 1. The molecule has 2 aromatic heterocycles. The van der Waals surface area contributed by atoms with Gasteiger partial charge in [0, 0.05) is 19.7 Å². The molecular weight excluding hydrogens is 489 g/mol. The minimum atomic E-state index is -0.471.